The lowest BCUT2D eigenvalue weighted by molar-refractivity contribution is -0.254. The zero-order chi connectivity index (χ0) is 18.5. The highest BCUT2D eigenvalue weighted by molar-refractivity contribution is 7.99. The first kappa shape index (κ1) is 18.3. The second-order valence-electron chi connectivity index (χ2n) is 5.66. The van der Waals surface area contributed by atoms with E-state index in [0.717, 1.165) is 16.3 Å². The molecule has 3 aromatic carbocycles. The Morgan fingerprint density at radius 3 is 2.62 bits per heavy atom. The molecule has 6 heteroatoms. The van der Waals surface area contributed by atoms with Gasteiger partial charge < -0.3 is 15.2 Å². The lowest BCUT2D eigenvalue weighted by Crippen LogP contribution is -2.25. The number of carbonyl (C=O) groups is 2. The molecule has 0 saturated heterocycles. The normalized spacial score (nSPS) is 10.7. The molecule has 0 radical (unpaired) electrons. The van der Waals surface area contributed by atoms with Crippen LogP contribution in [0, 0.1) is 0 Å². The summed E-state index contributed by atoms with van der Waals surface area (Å²) in [5, 5.41) is 16.4. The van der Waals surface area contributed by atoms with Crippen molar-refractivity contribution in [3.8, 4) is 0 Å². The Labute approximate surface area is 160 Å². The quantitative estimate of drug-likeness (QED) is 0.703. The van der Waals surface area contributed by atoms with Crippen LogP contribution < -0.4 is 10.4 Å². The van der Waals surface area contributed by atoms with Gasteiger partial charge in [0.15, 0.2) is 0 Å². The lowest BCUT2D eigenvalue weighted by atomic mass is 10.1. The van der Waals surface area contributed by atoms with E-state index in [9.17, 15) is 14.7 Å². The van der Waals surface area contributed by atoms with Crippen LogP contribution >= 0.6 is 23.4 Å². The summed E-state index contributed by atoms with van der Waals surface area (Å²) in [6.45, 7) is 0. The zero-order valence-electron chi connectivity index (χ0n) is 13.7. The molecule has 0 aliphatic heterocycles. The van der Waals surface area contributed by atoms with Crippen molar-refractivity contribution in [3.05, 3.63) is 76.8 Å². The summed E-state index contributed by atoms with van der Waals surface area (Å²) >= 11 is 7.33. The van der Waals surface area contributed by atoms with Gasteiger partial charge in [0.2, 0.25) is 5.91 Å². The molecule has 4 nitrogen and oxygen atoms in total. The molecular formula is C20H15ClNO3S-. The van der Waals surface area contributed by atoms with E-state index in [1.807, 2.05) is 24.3 Å². The van der Waals surface area contributed by atoms with Crippen LogP contribution in [-0.2, 0) is 10.5 Å². The number of fused-ring (bicyclic) bond motifs is 1. The number of anilines is 1. The molecule has 0 unspecified atom stereocenters. The molecule has 132 valence electrons. The second-order valence-corrected chi connectivity index (χ2v) is 7.08. The van der Waals surface area contributed by atoms with Crippen molar-refractivity contribution in [1.29, 1.82) is 0 Å². The molecule has 0 atom stereocenters. The minimum atomic E-state index is -1.36. The molecule has 0 spiro atoms. The summed E-state index contributed by atoms with van der Waals surface area (Å²) < 4.78 is 0. The molecule has 3 aromatic rings. The first-order valence-electron chi connectivity index (χ1n) is 7.90. The maximum Gasteiger partial charge on any atom is 0.234 e. The first-order chi connectivity index (χ1) is 12.5. The maximum absolute atomic E-state index is 12.2. The first-order valence-corrected chi connectivity index (χ1v) is 9.43. The maximum atomic E-state index is 12.2. The monoisotopic (exact) mass is 384 g/mol. The van der Waals surface area contributed by atoms with Crippen molar-refractivity contribution >= 4 is 51.7 Å². The van der Waals surface area contributed by atoms with Crippen molar-refractivity contribution in [2.45, 2.75) is 5.75 Å². The highest BCUT2D eigenvalue weighted by Gasteiger charge is 2.09. The number of carboxylic acids is 1. The molecule has 1 amide bonds. The lowest BCUT2D eigenvalue weighted by Gasteiger charge is -2.12. The molecule has 0 fully saturated rings. The van der Waals surface area contributed by atoms with Gasteiger partial charge in [0.05, 0.1) is 17.4 Å². The van der Waals surface area contributed by atoms with Crippen molar-refractivity contribution in [3.63, 3.8) is 0 Å². The van der Waals surface area contributed by atoms with Gasteiger partial charge in [0.1, 0.15) is 0 Å². The molecule has 0 aliphatic rings. The summed E-state index contributed by atoms with van der Waals surface area (Å²) in [5.41, 5.74) is 1.20. The molecule has 0 saturated carbocycles. The number of benzene rings is 3. The van der Waals surface area contributed by atoms with Gasteiger partial charge in [-0.3, -0.25) is 4.79 Å². The van der Waals surface area contributed by atoms with Crippen molar-refractivity contribution < 1.29 is 14.7 Å². The van der Waals surface area contributed by atoms with E-state index in [1.54, 1.807) is 0 Å². The number of aromatic carboxylic acids is 1. The van der Waals surface area contributed by atoms with Crippen molar-refractivity contribution in [1.82, 2.24) is 0 Å². The van der Waals surface area contributed by atoms with Crippen LogP contribution in [0.5, 0.6) is 0 Å². The van der Waals surface area contributed by atoms with E-state index in [4.69, 9.17) is 11.6 Å². The van der Waals surface area contributed by atoms with Gasteiger partial charge in [-0.1, -0.05) is 54.1 Å². The summed E-state index contributed by atoms with van der Waals surface area (Å²) in [4.78, 5) is 23.3. The van der Waals surface area contributed by atoms with Crippen LogP contribution in [0.25, 0.3) is 10.8 Å². The smallest absolute Gasteiger partial charge is 0.234 e. The molecule has 0 aliphatic carbocycles. The van der Waals surface area contributed by atoms with Crippen LogP contribution in [-0.4, -0.2) is 17.6 Å². The third-order valence-corrected chi connectivity index (χ3v) is 5.06. The topological polar surface area (TPSA) is 69.2 Å². The summed E-state index contributed by atoms with van der Waals surface area (Å²) in [6.07, 6.45) is 0. The number of thioether (sulfide) groups is 1. The standard InChI is InChI=1S/C20H16ClNO3S/c21-15-8-9-17(20(24)25)18(10-15)22-19(23)12-26-11-14-6-3-5-13-4-1-2-7-16(13)14/h1-10H,11-12H2,(H,22,23)(H,24,25)/p-1. The van der Waals surface area contributed by atoms with Gasteiger partial charge in [0, 0.05) is 16.3 Å². The number of carbonyl (C=O) groups excluding carboxylic acids is 2. The number of hydrogen-bond donors (Lipinski definition) is 1. The molecule has 1 N–H and O–H groups in total. The average molecular weight is 385 g/mol. The highest BCUT2D eigenvalue weighted by atomic mass is 35.5. The van der Waals surface area contributed by atoms with Crippen LogP contribution in [0.2, 0.25) is 5.02 Å². The van der Waals surface area contributed by atoms with Gasteiger partial charge >= 0.3 is 0 Å². The molecular weight excluding hydrogens is 370 g/mol. The fourth-order valence-corrected chi connectivity index (χ4v) is 3.66. The Bertz CT molecular complexity index is 969. The van der Waals surface area contributed by atoms with Crippen molar-refractivity contribution in [2.75, 3.05) is 11.1 Å². The Balaban J connectivity index is 1.63. The predicted octanol–water partition coefficient (Wildman–Crippen LogP) is 3.73. The fraction of sp³-hybridized carbons (Fsp3) is 0.100. The largest absolute Gasteiger partial charge is 0.545 e. The Kier molecular flexibility index (Phi) is 5.81. The van der Waals surface area contributed by atoms with Gasteiger partial charge in [-0.05, 0) is 34.5 Å². The van der Waals surface area contributed by atoms with Gasteiger partial charge in [-0.2, -0.15) is 0 Å². The number of halogens is 1. The Morgan fingerprint density at radius 1 is 1.04 bits per heavy atom. The van der Waals surface area contributed by atoms with Gasteiger partial charge in [-0.25, -0.2) is 0 Å². The van der Waals surface area contributed by atoms with Gasteiger partial charge in [-0.15, -0.1) is 11.8 Å². The van der Waals surface area contributed by atoms with Crippen LogP contribution in [0.1, 0.15) is 15.9 Å². The number of rotatable bonds is 6. The van der Waals surface area contributed by atoms with Crippen LogP contribution in [0.3, 0.4) is 0 Å². The van der Waals surface area contributed by atoms with E-state index in [0.29, 0.717) is 10.8 Å². The Morgan fingerprint density at radius 2 is 1.81 bits per heavy atom. The third-order valence-electron chi connectivity index (χ3n) is 3.85. The molecule has 0 aromatic heterocycles. The summed E-state index contributed by atoms with van der Waals surface area (Å²) in [7, 11) is 0. The second kappa shape index (κ2) is 8.25. The molecule has 26 heavy (non-hydrogen) atoms. The number of nitrogens with one attached hydrogen (secondary N) is 1. The van der Waals surface area contributed by atoms with Gasteiger partial charge in [0.25, 0.3) is 0 Å². The van der Waals surface area contributed by atoms with E-state index in [1.165, 1.54) is 30.0 Å². The number of hydrogen-bond acceptors (Lipinski definition) is 4. The van der Waals surface area contributed by atoms with E-state index < -0.39 is 5.97 Å². The highest BCUT2D eigenvalue weighted by Crippen LogP contribution is 2.24. The third kappa shape index (κ3) is 4.36. The predicted molar refractivity (Wildman–Crippen MR) is 105 cm³/mol. The number of carboxylic acid groups (broad SMARTS) is 1. The minimum absolute atomic E-state index is 0.0956. The average Bonchev–Trinajstić information content (AvgIpc) is 2.61. The SMILES string of the molecule is O=C(CSCc1cccc2ccccc12)Nc1cc(Cl)ccc1C(=O)[O-]. The fourth-order valence-electron chi connectivity index (χ4n) is 2.66. The molecule has 0 bridgehead atoms. The Hall–Kier alpha value is -2.50. The van der Waals surface area contributed by atoms with Crippen molar-refractivity contribution in [2.24, 2.45) is 0 Å². The van der Waals surface area contributed by atoms with E-state index in [-0.39, 0.29) is 22.9 Å². The minimum Gasteiger partial charge on any atom is -0.545 e. The zero-order valence-corrected chi connectivity index (χ0v) is 15.3. The van der Waals surface area contributed by atoms with Crippen LogP contribution in [0.15, 0.2) is 60.7 Å². The van der Waals surface area contributed by atoms with E-state index in [2.05, 4.69) is 23.5 Å². The van der Waals surface area contributed by atoms with E-state index >= 15 is 0 Å². The summed E-state index contributed by atoms with van der Waals surface area (Å²) in [5.74, 6) is -0.778. The summed E-state index contributed by atoms with van der Waals surface area (Å²) in [6, 6.07) is 18.3. The molecule has 3 rings (SSSR count). The molecule has 0 heterocycles. The van der Waals surface area contributed by atoms with Crippen LogP contribution in [0.4, 0.5) is 5.69 Å². The number of amides is 1.